The lowest BCUT2D eigenvalue weighted by Gasteiger charge is -2.22. The fourth-order valence-corrected chi connectivity index (χ4v) is 3.07. The Morgan fingerprint density at radius 1 is 1.41 bits per heavy atom. The van der Waals surface area contributed by atoms with Gasteiger partial charge in [0.25, 0.3) is 0 Å². The summed E-state index contributed by atoms with van der Waals surface area (Å²) >= 11 is 7.34. The van der Waals surface area contributed by atoms with Gasteiger partial charge in [0.2, 0.25) is 0 Å². The summed E-state index contributed by atoms with van der Waals surface area (Å²) in [7, 11) is 0. The van der Waals surface area contributed by atoms with Gasteiger partial charge in [-0.3, -0.25) is 0 Å². The van der Waals surface area contributed by atoms with Crippen molar-refractivity contribution in [3.63, 3.8) is 0 Å². The maximum atomic E-state index is 6.14. The average Bonchev–Trinajstić information content (AvgIpc) is 2.83. The van der Waals surface area contributed by atoms with Crippen molar-refractivity contribution in [1.29, 1.82) is 0 Å². The van der Waals surface area contributed by atoms with Gasteiger partial charge in [0.15, 0.2) is 0 Å². The molecule has 0 bridgehead atoms. The normalized spacial score (nSPS) is 16.4. The summed E-state index contributed by atoms with van der Waals surface area (Å²) < 4.78 is 0. The number of nitrogens with two attached hydrogens (primary N) is 1. The number of hydrogen-bond acceptors (Lipinski definition) is 3. The molecule has 17 heavy (non-hydrogen) atoms. The van der Waals surface area contributed by atoms with Gasteiger partial charge in [-0.2, -0.15) is 0 Å². The summed E-state index contributed by atoms with van der Waals surface area (Å²) in [4.78, 5) is 3.13. The highest BCUT2D eigenvalue weighted by atomic mass is 35.5. The monoisotopic (exact) mass is 288 g/mol. The molecule has 1 saturated heterocycles. The van der Waals surface area contributed by atoms with Crippen LogP contribution in [0.5, 0.6) is 0 Å². The van der Waals surface area contributed by atoms with Crippen molar-refractivity contribution in [2.75, 3.05) is 18.2 Å². The molecule has 0 radical (unpaired) electrons. The molecule has 0 amide bonds. The number of rotatable bonds is 3. The molecule has 1 heterocycles. The van der Waals surface area contributed by atoms with Crippen LogP contribution in [0, 0.1) is 0 Å². The molecule has 94 valence electrons. The van der Waals surface area contributed by atoms with E-state index in [0.717, 1.165) is 29.6 Å². The molecule has 1 aliphatic rings. The van der Waals surface area contributed by atoms with E-state index < -0.39 is 0 Å². The highest BCUT2D eigenvalue weighted by molar-refractivity contribution is 7.99. The fourth-order valence-electron chi connectivity index (χ4n) is 1.78. The number of thioether (sulfide) groups is 1. The topological polar surface area (TPSA) is 29.3 Å². The molecule has 0 unspecified atom stereocenters. The van der Waals surface area contributed by atoms with Crippen molar-refractivity contribution >= 4 is 41.4 Å². The lowest BCUT2D eigenvalue weighted by molar-refractivity contribution is 0.527. The van der Waals surface area contributed by atoms with Gasteiger partial charge in [0.05, 0.1) is 16.9 Å². The number of nitrogens with zero attached hydrogens (tertiary/aromatic N) is 1. The highest BCUT2D eigenvalue weighted by Crippen LogP contribution is 2.16. The van der Waals surface area contributed by atoms with E-state index >= 15 is 0 Å². The molecule has 5 heteroatoms. The van der Waals surface area contributed by atoms with Gasteiger partial charge in [0.1, 0.15) is 0 Å². The molecule has 2 nitrogen and oxygen atoms in total. The van der Waals surface area contributed by atoms with Crippen LogP contribution in [0.2, 0.25) is 0 Å². The van der Waals surface area contributed by atoms with Crippen LogP contribution in [-0.4, -0.2) is 34.1 Å². The van der Waals surface area contributed by atoms with Crippen LogP contribution in [0.1, 0.15) is 5.56 Å². The number of hydrogen-bond donors (Lipinski definition) is 1. The maximum Gasteiger partial charge on any atom is 0.0960 e. The van der Waals surface area contributed by atoms with Crippen molar-refractivity contribution in [2.24, 2.45) is 5.73 Å². The summed E-state index contributed by atoms with van der Waals surface area (Å²) in [6.07, 6.45) is 0.834. The predicted octanol–water partition coefficient (Wildman–Crippen LogP) is 2.31. The number of halogens is 1. The summed E-state index contributed by atoms with van der Waals surface area (Å²) in [5.74, 6) is 2.17. The zero-order chi connectivity index (χ0) is 11.4. The Morgan fingerprint density at radius 2 is 2.12 bits per heavy atom. The van der Waals surface area contributed by atoms with Crippen LogP contribution in [-0.2, 0) is 6.42 Å². The zero-order valence-corrected chi connectivity index (χ0v) is 12.0. The van der Waals surface area contributed by atoms with Gasteiger partial charge in [-0.15, -0.1) is 24.2 Å². The standard InChI is InChI=1S/C12H16N2S2.ClH/c13-11(8-10-4-2-1-3-5-10)12(15)14-6-7-16-9-14;/h1-5,11H,6-9,13H2;1H/t11-;/m0./s1. The quantitative estimate of drug-likeness (QED) is 0.865. The highest BCUT2D eigenvalue weighted by Gasteiger charge is 2.20. The Balaban J connectivity index is 0.00000144. The first-order valence-corrected chi connectivity index (χ1v) is 6.99. The molecular weight excluding hydrogens is 272 g/mol. The molecule has 1 atom stereocenters. The van der Waals surface area contributed by atoms with E-state index in [9.17, 15) is 0 Å². The fraction of sp³-hybridized carbons (Fsp3) is 0.417. The van der Waals surface area contributed by atoms with Crippen molar-refractivity contribution in [2.45, 2.75) is 12.5 Å². The van der Waals surface area contributed by atoms with E-state index in [1.54, 1.807) is 0 Å². The molecule has 2 N–H and O–H groups in total. The Hall–Kier alpha value is -0.290. The molecule has 0 spiro atoms. The predicted molar refractivity (Wildman–Crippen MR) is 82.0 cm³/mol. The van der Waals surface area contributed by atoms with Gasteiger partial charge < -0.3 is 10.6 Å². The summed E-state index contributed by atoms with van der Waals surface area (Å²) in [6.45, 7) is 1.05. The van der Waals surface area contributed by atoms with Crippen LogP contribution in [0.25, 0.3) is 0 Å². The molecule has 0 aliphatic carbocycles. The van der Waals surface area contributed by atoms with E-state index in [2.05, 4.69) is 17.0 Å². The average molecular weight is 289 g/mol. The lowest BCUT2D eigenvalue weighted by Crippen LogP contribution is -2.42. The van der Waals surface area contributed by atoms with Gasteiger partial charge in [-0.25, -0.2) is 0 Å². The molecular formula is C12H17ClN2S2. The van der Waals surface area contributed by atoms with Crippen molar-refractivity contribution < 1.29 is 0 Å². The first kappa shape index (κ1) is 14.8. The van der Waals surface area contributed by atoms with Crippen LogP contribution in [0.3, 0.4) is 0 Å². The molecule has 1 fully saturated rings. The number of benzene rings is 1. The molecule has 1 aromatic rings. The second-order valence-electron chi connectivity index (χ2n) is 3.94. The third kappa shape index (κ3) is 4.14. The largest absolute Gasteiger partial charge is 0.355 e. The summed E-state index contributed by atoms with van der Waals surface area (Å²) in [5.41, 5.74) is 7.39. The SMILES string of the molecule is Cl.N[C@@H](Cc1ccccc1)C(=S)N1CCSC1. The molecule has 0 aromatic heterocycles. The van der Waals surface area contributed by atoms with Crippen LogP contribution in [0.15, 0.2) is 30.3 Å². The smallest absolute Gasteiger partial charge is 0.0960 e. The molecule has 0 saturated carbocycles. The van der Waals surface area contributed by atoms with Gasteiger partial charge >= 0.3 is 0 Å². The minimum atomic E-state index is -0.0314. The Bertz CT molecular complexity index is 353. The molecule has 2 rings (SSSR count). The second-order valence-corrected chi connectivity index (χ2v) is 5.43. The van der Waals surface area contributed by atoms with Crippen LogP contribution < -0.4 is 5.73 Å². The van der Waals surface area contributed by atoms with E-state index in [1.165, 1.54) is 5.56 Å². The van der Waals surface area contributed by atoms with Crippen LogP contribution >= 0.6 is 36.4 Å². The summed E-state index contributed by atoms with van der Waals surface area (Å²) in [5, 5.41) is 0. The summed E-state index contributed by atoms with van der Waals surface area (Å²) in [6, 6.07) is 10.3. The minimum absolute atomic E-state index is 0. The minimum Gasteiger partial charge on any atom is -0.355 e. The number of thiocarbonyl (C=S) groups is 1. The lowest BCUT2D eigenvalue weighted by atomic mass is 10.1. The molecule has 1 aliphatic heterocycles. The second kappa shape index (κ2) is 7.21. The van der Waals surface area contributed by atoms with E-state index in [0.29, 0.717) is 0 Å². The van der Waals surface area contributed by atoms with Gasteiger partial charge in [-0.1, -0.05) is 42.5 Å². The van der Waals surface area contributed by atoms with Crippen molar-refractivity contribution in [1.82, 2.24) is 4.90 Å². The first-order valence-electron chi connectivity index (χ1n) is 5.43. The van der Waals surface area contributed by atoms with E-state index in [4.69, 9.17) is 18.0 Å². The van der Waals surface area contributed by atoms with Crippen molar-refractivity contribution in [3.8, 4) is 0 Å². The van der Waals surface area contributed by atoms with Crippen molar-refractivity contribution in [3.05, 3.63) is 35.9 Å². The Morgan fingerprint density at radius 3 is 2.71 bits per heavy atom. The van der Waals surface area contributed by atoms with E-state index in [1.807, 2.05) is 30.0 Å². The Kier molecular flexibility index (Phi) is 6.27. The maximum absolute atomic E-state index is 6.14. The molecule has 1 aromatic carbocycles. The third-order valence-electron chi connectivity index (χ3n) is 2.68. The van der Waals surface area contributed by atoms with E-state index in [-0.39, 0.29) is 18.4 Å². The van der Waals surface area contributed by atoms with Crippen LogP contribution in [0.4, 0.5) is 0 Å². The third-order valence-corrected chi connectivity index (χ3v) is 4.21. The van der Waals surface area contributed by atoms with Gasteiger partial charge in [0, 0.05) is 12.3 Å². The van der Waals surface area contributed by atoms with Gasteiger partial charge in [-0.05, 0) is 12.0 Å². The Labute approximate surface area is 118 Å². The first-order chi connectivity index (χ1) is 7.77. The zero-order valence-electron chi connectivity index (χ0n) is 9.54.